The summed E-state index contributed by atoms with van der Waals surface area (Å²) in [5.74, 6) is 0.993. The van der Waals surface area contributed by atoms with E-state index in [9.17, 15) is 0 Å². The van der Waals surface area contributed by atoms with Gasteiger partial charge in [0.2, 0.25) is 0 Å². The third kappa shape index (κ3) is 4.70. The van der Waals surface area contributed by atoms with E-state index in [1.165, 1.54) is 11.1 Å². The lowest BCUT2D eigenvalue weighted by molar-refractivity contribution is 0.700. The fourth-order valence-corrected chi connectivity index (χ4v) is 2.58. The summed E-state index contributed by atoms with van der Waals surface area (Å²) in [6, 6.07) is 8.97. The van der Waals surface area contributed by atoms with Crippen molar-refractivity contribution in [2.45, 2.75) is 37.5 Å². The molecule has 0 fully saturated rings. The van der Waals surface area contributed by atoms with Gasteiger partial charge in [0, 0.05) is 0 Å². The van der Waals surface area contributed by atoms with Crippen LogP contribution in [0.5, 0.6) is 0 Å². The maximum absolute atomic E-state index is 3.85. The standard InChI is InChI=1S/C20H26/c1-5-9-17(10-6-2)19-13-15-20(16-14-19)18(11-7-3)12-8-4/h5-8,13-18H,1-4,9-12H2. The molecule has 0 aliphatic carbocycles. The van der Waals surface area contributed by atoms with Gasteiger partial charge in [0.25, 0.3) is 0 Å². The minimum Gasteiger partial charge on any atom is -0.103 e. The largest absolute Gasteiger partial charge is 0.103 e. The quantitative estimate of drug-likeness (QED) is 0.445. The molecule has 0 atom stereocenters. The molecule has 0 saturated heterocycles. The Hall–Kier alpha value is -1.82. The Bertz CT molecular complexity index is 373. The summed E-state index contributed by atoms with van der Waals surface area (Å²) in [6.45, 7) is 15.4. The SMILES string of the molecule is C=CCC(CC=C)c1ccc(C(CC=C)CC=C)cc1. The average molecular weight is 266 g/mol. The van der Waals surface area contributed by atoms with Crippen molar-refractivity contribution in [1.82, 2.24) is 0 Å². The lowest BCUT2D eigenvalue weighted by Crippen LogP contribution is -2.00. The van der Waals surface area contributed by atoms with Gasteiger partial charge < -0.3 is 0 Å². The summed E-state index contributed by atoms with van der Waals surface area (Å²) >= 11 is 0. The van der Waals surface area contributed by atoms with Gasteiger partial charge in [0.1, 0.15) is 0 Å². The van der Waals surface area contributed by atoms with Crippen LogP contribution in [0.25, 0.3) is 0 Å². The molecule has 0 bridgehead atoms. The highest BCUT2D eigenvalue weighted by atomic mass is 14.2. The molecule has 0 heteroatoms. The Morgan fingerprint density at radius 1 is 0.600 bits per heavy atom. The van der Waals surface area contributed by atoms with E-state index in [1.54, 1.807) is 0 Å². The summed E-state index contributed by atoms with van der Waals surface area (Å²) in [5.41, 5.74) is 2.73. The molecule has 0 radical (unpaired) electrons. The topological polar surface area (TPSA) is 0 Å². The van der Waals surface area contributed by atoms with E-state index in [0.717, 1.165) is 25.7 Å². The highest BCUT2D eigenvalue weighted by molar-refractivity contribution is 5.29. The first-order chi connectivity index (χ1) is 9.76. The first-order valence-corrected chi connectivity index (χ1v) is 7.30. The molecule has 20 heavy (non-hydrogen) atoms. The smallest absolute Gasteiger partial charge is 0.00930 e. The Kier molecular flexibility index (Phi) is 7.42. The van der Waals surface area contributed by atoms with Gasteiger partial charge in [-0.25, -0.2) is 0 Å². The Labute approximate surface area is 124 Å². The number of rotatable bonds is 10. The van der Waals surface area contributed by atoms with Crippen molar-refractivity contribution in [3.05, 3.63) is 86.0 Å². The molecule has 0 amide bonds. The number of hydrogen-bond donors (Lipinski definition) is 0. The summed E-state index contributed by atoms with van der Waals surface area (Å²) in [4.78, 5) is 0. The van der Waals surface area contributed by atoms with Crippen molar-refractivity contribution in [2.24, 2.45) is 0 Å². The maximum Gasteiger partial charge on any atom is -0.00930 e. The Morgan fingerprint density at radius 2 is 0.850 bits per heavy atom. The van der Waals surface area contributed by atoms with E-state index < -0.39 is 0 Å². The lowest BCUT2D eigenvalue weighted by Gasteiger charge is -2.17. The molecule has 0 N–H and O–H groups in total. The van der Waals surface area contributed by atoms with Gasteiger partial charge >= 0.3 is 0 Å². The molecule has 0 nitrogen and oxygen atoms in total. The van der Waals surface area contributed by atoms with Gasteiger partial charge in [-0.1, -0.05) is 48.6 Å². The molecule has 1 aromatic rings. The third-order valence-electron chi connectivity index (χ3n) is 3.68. The second-order valence-electron chi connectivity index (χ2n) is 5.16. The van der Waals surface area contributed by atoms with Gasteiger partial charge in [-0.3, -0.25) is 0 Å². The zero-order valence-corrected chi connectivity index (χ0v) is 12.4. The summed E-state index contributed by atoms with van der Waals surface area (Å²) in [7, 11) is 0. The van der Waals surface area contributed by atoms with Crippen LogP contribution in [0.2, 0.25) is 0 Å². The molecule has 106 valence electrons. The molecule has 0 spiro atoms. The van der Waals surface area contributed by atoms with Gasteiger partial charge in [0.15, 0.2) is 0 Å². The first-order valence-electron chi connectivity index (χ1n) is 7.30. The van der Waals surface area contributed by atoms with E-state index in [1.807, 2.05) is 24.3 Å². The zero-order chi connectivity index (χ0) is 14.8. The van der Waals surface area contributed by atoms with Crippen LogP contribution >= 0.6 is 0 Å². The lowest BCUT2D eigenvalue weighted by atomic mass is 9.88. The van der Waals surface area contributed by atoms with Crippen molar-refractivity contribution in [3.63, 3.8) is 0 Å². The fourth-order valence-electron chi connectivity index (χ4n) is 2.58. The molecular weight excluding hydrogens is 240 g/mol. The highest BCUT2D eigenvalue weighted by Gasteiger charge is 2.11. The van der Waals surface area contributed by atoms with Crippen LogP contribution in [0.1, 0.15) is 48.6 Å². The van der Waals surface area contributed by atoms with Crippen molar-refractivity contribution < 1.29 is 0 Å². The molecule has 0 aromatic heterocycles. The van der Waals surface area contributed by atoms with E-state index in [0.29, 0.717) is 11.8 Å². The first kappa shape index (κ1) is 16.2. The van der Waals surface area contributed by atoms with Gasteiger partial charge in [0.05, 0.1) is 0 Å². The highest BCUT2D eigenvalue weighted by Crippen LogP contribution is 2.28. The molecule has 1 rings (SSSR count). The van der Waals surface area contributed by atoms with Crippen LogP contribution in [-0.4, -0.2) is 0 Å². The van der Waals surface area contributed by atoms with E-state index in [4.69, 9.17) is 0 Å². The third-order valence-corrected chi connectivity index (χ3v) is 3.68. The van der Waals surface area contributed by atoms with E-state index >= 15 is 0 Å². The maximum atomic E-state index is 3.85. The zero-order valence-electron chi connectivity index (χ0n) is 12.4. The van der Waals surface area contributed by atoms with Crippen LogP contribution < -0.4 is 0 Å². The summed E-state index contributed by atoms with van der Waals surface area (Å²) < 4.78 is 0. The van der Waals surface area contributed by atoms with Crippen LogP contribution in [0.4, 0.5) is 0 Å². The van der Waals surface area contributed by atoms with E-state index in [-0.39, 0.29) is 0 Å². The van der Waals surface area contributed by atoms with Crippen LogP contribution in [0.15, 0.2) is 74.9 Å². The second-order valence-corrected chi connectivity index (χ2v) is 5.16. The minimum atomic E-state index is 0.497. The molecule has 0 aliphatic rings. The van der Waals surface area contributed by atoms with E-state index in [2.05, 4.69) is 50.6 Å². The summed E-state index contributed by atoms with van der Waals surface area (Å²) in [6.07, 6.45) is 11.9. The Balaban J connectivity index is 2.89. The molecule has 0 unspecified atom stereocenters. The molecule has 0 heterocycles. The molecule has 1 aromatic carbocycles. The number of allylic oxidation sites excluding steroid dienone is 4. The van der Waals surface area contributed by atoms with Gasteiger partial charge in [-0.15, -0.1) is 26.3 Å². The molecule has 0 aliphatic heterocycles. The van der Waals surface area contributed by atoms with Crippen molar-refractivity contribution >= 4 is 0 Å². The van der Waals surface area contributed by atoms with Crippen molar-refractivity contribution in [3.8, 4) is 0 Å². The fraction of sp³-hybridized carbons (Fsp3) is 0.300. The normalized spacial score (nSPS) is 10.5. The second kappa shape index (κ2) is 9.14. The predicted octanol–water partition coefficient (Wildman–Crippen LogP) is 6.16. The molecule has 0 saturated carbocycles. The van der Waals surface area contributed by atoms with Crippen molar-refractivity contribution in [2.75, 3.05) is 0 Å². The van der Waals surface area contributed by atoms with Crippen LogP contribution in [-0.2, 0) is 0 Å². The average Bonchev–Trinajstić information content (AvgIpc) is 2.47. The van der Waals surface area contributed by atoms with Crippen LogP contribution in [0, 0.1) is 0 Å². The predicted molar refractivity (Wildman–Crippen MR) is 91.2 cm³/mol. The monoisotopic (exact) mass is 266 g/mol. The number of hydrogen-bond acceptors (Lipinski definition) is 0. The Morgan fingerprint density at radius 3 is 1.05 bits per heavy atom. The van der Waals surface area contributed by atoms with Gasteiger partial charge in [-0.05, 0) is 48.6 Å². The number of benzene rings is 1. The van der Waals surface area contributed by atoms with Gasteiger partial charge in [-0.2, -0.15) is 0 Å². The minimum absolute atomic E-state index is 0.497. The molecular formula is C20H26. The van der Waals surface area contributed by atoms with Crippen molar-refractivity contribution in [1.29, 1.82) is 0 Å². The summed E-state index contributed by atoms with van der Waals surface area (Å²) in [5, 5.41) is 0. The van der Waals surface area contributed by atoms with Crippen LogP contribution in [0.3, 0.4) is 0 Å².